The summed E-state index contributed by atoms with van der Waals surface area (Å²) in [5.41, 5.74) is 0.438. The molecule has 1 aromatic carbocycles. The van der Waals surface area contributed by atoms with E-state index in [4.69, 9.17) is 14.2 Å². The molecular weight excluding hydrogens is 391 g/mol. The van der Waals surface area contributed by atoms with Crippen molar-refractivity contribution >= 4 is 12.0 Å². The highest BCUT2D eigenvalue weighted by molar-refractivity contribution is 5.91. The number of carbonyl (C=O) groups excluding carboxylic acids is 1. The minimum absolute atomic E-state index is 0.0813. The van der Waals surface area contributed by atoms with Gasteiger partial charge in [0.2, 0.25) is 12.7 Å². The summed E-state index contributed by atoms with van der Waals surface area (Å²) in [5, 5.41) is 6.36. The van der Waals surface area contributed by atoms with Crippen molar-refractivity contribution in [2.24, 2.45) is 0 Å². The van der Waals surface area contributed by atoms with Crippen LogP contribution in [0.4, 0.5) is 13.2 Å². The summed E-state index contributed by atoms with van der Waals surface area (Å²) in [6.45, 7) is 0.705. The van der Waals surface area contributed by atoms with Crippen LogP contribution in [0.3, 0.4) is 0 Å². The number of ether oxygens (including phenoxy) is 3. The SMILES string of the molecule is O=C(/C=C/c1ccc2c(c1)OCO2)NCCn1nc(C(F)(F)F)c2c1CCOC2. The fourth-order valence-corrected chi connectivity index (χ4v) is 3.25. The zero-order valence-corrected chi connectivity index (χ0v) is 15.3. The first kappa shape index (κ1) is 19.3. The molecule has 10 heteroatoms. The van der Waals surface area contributed by atoms with Crippen molar-refractivity contribution in [3.8, 4) is 11.5 Å². The minimum Gasteiger partial charge on any atom is -0.454 e. The molecule has 4 rings (SSSR count). The Hall–Kier alpha value is -3.01. The number of rotatable bonds is 5. The first-order chi connectivity index (χ1) is 13.9. The summed E-state index contributed by atoms with van der Waals surface area (Å²) in [5.74, 6) is 0.904. The van der Waals surface area contributed by atoms with Crippen molar-refractivity contribution in [2.75, 3.05) is 19.9 Å². The van der Waals surface area contributed by atoms with E-state index in [0.29, 0.717) is 30.2 Å². The van der Waals surface area contributed by atoms with Crippen molar-refractivity contribution in [3.63, 3.8) is 0 Å². The molecule has 3 heterocycles. The van der Waals surface area contributed by atoms with E-state index in [1.807, 2.05) is 0 Å². The quantitative estimate of drug-likeness (QED) is 0.769. The Balaban J connectivity index is 1.35. The molecule has 0 atom stereocenters. The zero-order chi connectivity index (χ0) is 20.4. The summed E-state index contributed by atoms with van der Waals surface area (Å²) < 4.78 is 56.4. The van der Waals surface area contributed by atoms with E-state index in [-0.39, 0.29) is 38.0 Å². The van der Waals surface area contributed by atoms with Crippen molar-refractivity contribution in [3.05, 3.63) is 46.8 Å². The second-order valence-electron chi connectivity index (χ2n) is 6.53. The Kier molecular flexibility index (Phi) is 5.18. The summed E-state index contributed by atoms with van der Waals surface area (Å²) in [6, 6.07) is 5.29. The number of aromatic nitrogens is 2. The van der Waals surface area contributed by atoms with E-state index in [1.54, 1.807) is 24.3 Å². The van der Waals surface area contributed by atoms with Crippen LogP contribution in [0.25, 0.3) is 6.08 Å². The van der Waals surface area contributed by atoms with Gasteiger partial charge in [-0.3, -0.25) is 9.48 Å². The first-order valence-corrected chi connectivity index (χ1v) is 9.01. The van der Waals surface area contributed by atoms with Gasteiger partial charge in [0.25, 0.3) is 0 Å². The lowest BCUT2D eigenvalue weighted by Crippen LogP contribution is -2.27. The van der Waals surface area contributed by atoms with E-state index < -0.39 is 11.9 Å². The highest BCUT2D eigenvalue weighted by Crippen LogP contribution is 2.34. The molecule has 1 amide bonds. The number of amides is 1. The monoisotopic (exact) mass is 409 g/mol. The Morgan fingerprint density at radius 1 is 1.28 bits per heavy atom. The summed E-state index contributed by atoms with van der Waals surface area (Å²) in [6.07, 6.45) is -1.21. The molecule has 2 aliphatic heterocycles. The van der Waals surface area contributed by atoms with Crippen molar-refractivity contribution < 1.29 is 32.2 Å². The molecule has 0 spiro atoms. The molecule has 154 valence electrons. The summed E-state index contributed by atoms with van der Waals surface area (Å²) in [4.78, 5) is 12.0. The normalized spacial score (nSPS) is 15.6. The number of benzene rings is 1. The lowest BCUT2D eigenvalue weighted by Gasteiger charge is -2.15. The third-order valence-electron chi connectivity index (χ3n) is 4.61. The third kappa shape index (κ3) is 4.21. The second-order valence-corrected chi connectivity index (χ2v) is 6.53. The van der Waals surface area contributed by atoms with Crippen LogP contribution in [-0.4, -0.2) is 35.6 Å². The van der Waals surface area contributed by atoms with Gasteiger partial charge in [-0.2, -0.15) is 18.3 Å². The van der Waals surface area contributed by atoms with Gasteiger partial charge in [0.15, 0.2) is 17.2 Å². The largest absolute Gasteiger partial charge is 0.454 e. The van der Waals surface area contributed by atoms with Crippen molar-refractivity contribution in [1.82, 2.24) is 15.1 Å². The molecular formula is C19H18F3N3O4. The van der Waals surface area contributed by atoms with Crippen molar-refractivity contribution in [2.45, 2.75) is 25.7 Å². The predicted molar refractivity (Wildman–Crippen MR) is 95.2 cm³/mol. The van der Waals surface area contributed by atoms with Crippen LogP contribution in [0.2, 0.25) is 0 Å². The Morgan fingerprint density at radius 2 is 2.10 bits per heavy atom. The Bertz CT molecular complexity index is 953. The molecule has 2 aromatic rings. The second kappa shape index (κ2) is 7.78. The summed E-state index contributed by atoms with van der Waals surface area (Å²) >= 11 is 0. The summed E-state index contributed by atoms with van der Waals surface area (Å²) in [7, 11) is 0. The van der Waals surface area contributed by atoms with Crippen LogP contribution in [0.15, 0.2) is 24.3 Å². The molecule has 0 radical (unpaired) electrons. The fourth-order valence-electron chi connectivity index (χ4n) is 3.25. The number of carbonyl (C=O) groups is 1. The van der Waals surface area contributed by atoms with Gasteiger partial charge in [-0.25, -0.2) is 0 Å². The van der Waals surface area contributed by atoms with Crippen LogP contribution in [0.5, 0.6) is 11.5 Å². The molecule has 7 nitrogen and oxygen atoms in total. The molecule has 2 aliphatic rings. The van der Waals surface area contributed by atoms with Crippen LogP contribution in [0, 0.1) is 0 Å². The molecule has 0 saturated heterocycles. The zero-order valence-electron chi connectivity index (χ0n) is 15.3. The van der Waals surface area contributed by atoms with Crippen LogP contribution in [-0.2, 0) is 35.3 Å². The van der Waals surface area contributed by atoms with Crippen LogP contribution in [0.1, 0.15) is 22.5 Å². The van der Waals surface area contributed by atoms with Gasteiger partial charge >= 0.3 is 6.18 Å². The number of halogens is 3. The third-order valence-corrected chi connectivity index (χ3v) is 4.61. The lowest BCUT2D eigenvalue weighted by molar-refractivity contribution is -0.142. The molecule has 0 fully saturated rings. The van der Waals surface area contributed by atoms with Gasteiger partial charge < -0.3 is 19.5 Å². The van der Waals surface area contributed by atoms with E-state index in [0.717, 1.165) is 5.56 Å². The maximum atomic E-state index is 13.2. The fraction of sp³-hybridized carbons (Fsp3) is 0.368. The lowest BCUT2D eigenvalue weighted by atomic mass is 10.1. The topological polar surface area (TPSA) is 74.6 Å². The Labute approximate surface area is 164 Å². The number of nitrogens with zero attached hydrogens (tertiary/aromatic N) is 2. The smallest absolute Gasteiger partial charge is 0.435 e. The molecule has 1 N–H and O–H groups in total. The molecule has 0 bridgehead atoms. The van der Waals surface area contributed by atoms with Gasteiger partial charge in [0, 0.05) is 30.3 Å². The average Bonchev–Trinajstić information content (AvgIpc) is 3.30. The Morgan fingerprint density at radius 3 is 2.93 bits per heavy atom. The molecule has 0 unspecified atom stereocenters. The van der Waals surface area contributed by atoms with Gasteiger partial charge in [-0.15, -0.1) is 0 Å². The maximum Gasteiger partial charge on any atom is 0.435 e. The van der Waals surface area contributed by atoms with E-state index >= 15 is 0 Å². The standard InChI is InChI=1S/C19H18F3N3O4/c20-19(21,22)18-13-10-27-8-5-14(13)25(24-18)7-6-23-17(26)4-2-12-1-3-15-16(9-12)29-11-28-15/h1-4,9H,5-8,10-11H2,(H,23,26)/b4-2+. The number of nitrogens with one attached hydrogen (secondary N) is 1. The highest BCUT2D eigenvalue weighted by atomic mass is 19.4. The number of hydrogen-bond acceptors (Lipinski definition) is 5. The van der Waals surface area contributed by atoms with E-state index in [2.05, 4.69) is 10.4 Å². The highest BCUT2D eigenvalue weighted by Gasteiger charge is 2.39. The molecule has 29 heavy (non-hydrogen) atoms. The predicted octanol–water partition coefficient (Wildman–Crippen LogP) is 2.53. The van der Waals surface area contributed by atoms with Gasteiger partial charge in [-0.05, 0) is 23.8 Å². The number of fused-ring (bicyclic) bond motifs is 2. The van der Waals surface area contributed by atoms with Crippen LogP contribution < -0.4 is 14.8 Å². The molecule has 0 saturated carbocycles. The van der Waals surface area contributed by atoms with E-state index in [1.165, 1.54) is 10.8 Å². The number of hydrogen-bond donors (Lipinski definition) is 1. The van der Waals surface area contributed by atoms with Gasteiger partial charge in [0.1, 0.15) is 0 Å². The molecule has 1 aromatic heterocycles. The molecule has 0 aliphatic carbocycles. The van der Waals surface area contributed by atoms with Gasteiger partial charge in [0.05, 0.1) is 19.8 Å². The minimum atomic E-state index is -4.54. The van der Waals surface area contributed by atoms with Crippen molar-refractivity contribution in [1.29, 1.82) is 0 Å². The first-order valence-electron chi connectivity index (χ1n) is 9.01. The van der Waals surface area contributed by atoms with Gasteiger partial charge in [-0.1, -0.05) is 6.07 Å². The number of alkyl halides is 3. The van der Waals surface area contributed by atoms with Crippen LogP contribution >= 0.6 is 0 Å². The average molecular weight is 409 g/mol. The maximum absolute atomic E-state index is 13.2. The van der Waals surface area contributed by atoms with E-state index in [9.17, 15) is 18.0 Å².